The largest absolute Gasteiger partial charge is 0.464 e. The van der Waals surface area contributed by atoms with E-state index in [-0.39, 0.29) is 5.69 Å². The van der Waals surface area contributed by atoms with Gasteiger partial charge in [-0.2, -0.15) is 0 Å². The van der Waals surface area contributed by atoms with E-state index in [9.17, 15) is 9.00 Å². The van der Waals surface area contributed by atoms with Crippen LogP contribution < -0.4 is 4.90 Å². The van der Waals surface area contributed by atoms with E-state index in [1.807, 2.05) is 4.90 Å². The molecule has 6 nitrogen and oxygen atoms in total. The Hall–Kier alpha value is -1.50. The Morgan fingerprint density at radius 1 is 1.41 bits per heavy atom. The number of ether oxygens (including phenoxy) is 1. The lowest BCUT2D eigenvalue weighted by molar-refractivity contribution is 0.0593. The van der Waals surface area contributed by atoms with Crippen LogP contribution in [0.15, 0.2) is 12.4 Å². The Morgan fingerprint density at radius 2 is 2.12 bits per heavy atom. The molecule has 0 radical (unpaired) electrons. The summed E-state index contributed by atoms with van der Waals surface area (Å²) in [6, 6.07) is 0. The van der Waals surface area contributed by atoms with Crippen molar-refractivity contribution in [2.24, 2.45) is 0 Å². The zero-order valence-corrected chi connectivity index (χ0v) is 10.3. The van der Waals surface area contributed by atoms with Crippen molar-refractivity contribution < 1.29 is 13.7 Å². The summed E-state index contributed by atoms with van der Waals surface area (Å²) in [5.74, 6) is 1.39. The predicted octanol–water partition coefficient (Wildman–Crippen LogP) is -0.168. The first-order valence-corrected chi connectivity index (χ1v) is 6.70. The van der Waals surface area contributed by atoms with Gasteiger partial charge in [0.05, 0.1) is 19.5 Å². The van der Waals surface area contributed by atoms with Crippen LogP contribution >= 0.6 is 0 Å². The zero-order valence-electron chi connectivity index (χ0n) is 9.46. The molecule has 2 rings (SSSR count). The van der Waals surface area contributed by atoms with Gasteiger partial charge in [-0.25, -0.2) is 9.78 Å². The molecular formula is C10H13N3O3S. The lowest BCUT2D eigenvalue weighted by atomic mass is 10.4. The van der Waals surface area contributed by atoms with Crippen LogP contribution in [0.25, 0.3) is 0 Å². The third-order valence-electron chi connectivity index (χ3n) is 2.52. The van der Waals surface area contributed by atoms with Crippen molar-refractivity contribution in [3.05, 3.63) is 18.1 Å². The van der Waals surface area contributed by atoms with Crippen LogP contribution in [0.4, 0.5) is 5.82 Å². The summed E-state index contributed by atoms with van der Waals surface area (Å²) in [5.41, 5.74) is 0.191. The number of esters is 1. The average Bonchev–Trinajstić information content (AvgIpc) is 2.39. The molecule has 0 N–H and O–H groups in total. The highest BCUT2D eigenvalue weighted by Gasteiger charge is 2.18. The van der Waals surface area contributed by atoms with Crippen LogP contribution in [0.2, 0.25) is 0 Å². The Bertz CT molecular complexity index is 442. The first-order chi connectivity index (χ1) is 8.20. The Kier molecular flexibility index (Phi) is 3.68. The number of nitrogens with zero attached hydrogens (tertiary/aromatic N) is 3. The average molecular weight is 255 g/mol. The van der Waals surface area contributed by atoms with Crippen molar-refractivity contribution in [1.29, 1.82) is 0 Å². The van der Waals surface area contributed by atoms with Gasteiger partial charge in [0.25, 0.3) is 0 Å². The van der Waals surface area contributed by atoms with Crippen LogP contribution in [0, 0.1) is 0 Å². The molecule has 0 aliphatic carbocycles. The van der Waals surface area contributed by atoms with Crippen LogP contribution in [-0.4, -0.2) is 51.9 Å². The summed E-state index contributed by atoms with van der Waals surface area (Å²) >= 11 is 0. The van der Waals surface area contributed by atoms with Crippen molar-refractivity contribution in [2.45, 2.75) is 0 Å². The van der Waals surface area contributed by atoms with Gasteiger partial charge in [0, 0.05) is 35.4 Å². The smallest absolute Gasteiger partial charge is 0.358 e. The maximum atomic E-state index is 11.3. The van der Waals surface area contributed by atoms with Crippen molar-refractivity contribution in [3.63, 3.8) is 0 Å². The number of hydrogen-bond acceptors (Lipinski definition) is 6. The minimum Gasteiger partial charge on any atom is -0.464 e. The van der Waals surface area contributed by atoms with Gasteiger partial charge in [0.2, 0.25) is 0 Å². The highest BCUT2D eigenvalue weighted by Crippen LogP contribution is 2.12. The van der Waals surface area contributed by atoms with E-state index in [4.69, 9.17) is 0 Å². The lowest BCUT2D eigenvalue weighted by Crippen LogP contribution is -2.38. The normalized spacial score (nSPS) is 16.9. The molecule has 0 aromatic carbocycles. The summed E-state index contributed by atoms with van der Waals surface area (Å²) in [6.45, 7) is 1.35. The highest BCUT2D eigenvalue weighted by atomic mass is 32.2. The van der Waals surface area contributed by atoms with E-state index >= 15 is 0 Å². The maximum Gasteiger partial charge on any atom is 0.358 e. The van der Waals surface area contributed by atoms with Crippen molar-refractivity contribution in [2.75, 3.05) is 36.6 Å². The van der Waals surface area contributed by atoms with Gasteiger partial charge in [-0.3, -0.25) is 9.19 Å². The number of methoxy groups -OCH3 is 1. The van der Waals surface area contributed by atoms with E-state index in [0.29, 0.717) is 30.4 Å². The summed E-state index contributed by atoms with van der Waals surface area (Å²) in [4.78, 5) is 21.4. The molecule has 17 heavy (non-hydrogen) atoms. The van der Waals surface area contributed by atoms with E-state index in [0.717, 1.165) is 0 Å². The first-order valence-electron chi connectivity index (χ1n) is 5.21. The standard InChI is InChI=1S/C10H13N3O3S/c1-16-10(14)8-6-11-7-9(12-8)13-2-4-17(15)5-3-13/h6-7H,2-5H2,1H3. The predicted molar refractivity (Wildman–Crippen MR) is 63.5 cm³/mol. The van der Waals surface area contributed by atoms with Gasteiger partial charge in [0.15, 0.2) is 5.69 Å². The third-order valence-corrected chi connectivity index (χ3v) is 3.79. The second-order valence-electron chi connectivity index (χ2n) is 3.59. The molecule has 92 valence electrons. The molecule has 0 bridgehead atoms. The van der Waals surface area contributed by atoms with Crippen LogP contribution in [0.5, 0.6) is 0 Å². The van der Waals surface area contributed by atoms with E-state index in [1.54, 1.807) is 6.20 Å². The zero-order chi connectivity index (χ0) is 12.3. The molecule has 1 fully saturated rings. The lowest BCUT2D eigenvalue weighted by Gasteiger charge is -2.27. The van der Waals surface area contributed by atoms with Crippen LogP contribution in [-0.2, 0) is 15.5 Å². The monoisotopic (exact) mass is 255 g/mol. The summed E-state index contributed by atoms with van der Waals surface area (Å²) < 4.78 is 15.8. The summed E-state index contributed by atoms with van der Waals surface area (Å²) in [6.07, 6.45) is 2.97. The van der Waals surface area contributed by atoms with Gasteiger partial charge in [-0.1, -0.05) is 0 Å². The number of rotatable bonds is 2. The number of aromatic nitrogens is 2. The molecule has 1 aliphatic heterocycles. The minimum absolute atomic E-state index is 0.191. The maximum absolute atomic E-state index is 11.3. The van der Waals surface area contributed by atoms with Crippen molar-refractivity contribution in [1.82, 2.24) is 9.97 Å². The molecule has 1 aromatic heterocycles. The molecule has 7 heteroatoms. The molecule has 1 aromatic rings. The Morgan fingerprint density at radius 3 is 2.76 bits per heavy atom. The summed E-state index contributed by atoms with van der Waals surface area (Å²) in [5, 5.41) is 0. The van der Waals surface area contributed by atoms with Crippen molar-refractivity contribution in [3.8, 4) is 0 Å². The van der Waals surface area contributed by atoms with E-state index < -0.39 is 16.8 Å². The van der Waals surface area contributed by atoms with Gasteiger partial charge < -0.3 is 9.64 Å². The molecule has 2 heterocycles. The second kappa shape index (κ2) is 5.22. The molecule has 1 saturated heterocycles. The molecule has 0 amide bonds. The topological polar surface area (TPSA) is 72.4 Å². The van der Waals surface area contributed by atoms with E-state index in [2.05, 4.69) is 14.7 Å². The quantitative estimate of drug-likeness (QED) is 0.683. The van der Waals surface area contributed by atoms with Gasteiger partial charge in [0.1, 0.15) is 5.82 Å². The third kappa shape index (κ3) is 2.79. The number of hydrogen-bond donors (Lipinski definition) is 0. The van der Waals surface area contributed by atoms with E-state index in [1.165, 1.54) is 13.3 Å². The van der Waals surface area contributed by atoms with Gasteiger partial charge in [-0.15, -0.1) is 0 Å². The second-order valence-corrected chi connectivity index (χ2v) is 5.29. The number of carbonyl (C=O) groups is 1. The fraction of sp³-hybridized carbons (Fsp3) is 0.500. The molecular weight excluding hydrogens is 242 g/mol. The van der Waals surface area contributed by atoms with Crippen LogP contribution in [0.3, 0.4) is 0 Å². The molecule has 0 saturated carbocycles. The van der Waals surface area contributed by atoms with Gasteiger partial charge >= 0.3 is 5.97 Å². The number of carbonyl (C=O) groups excluding carboxylic acids is 1. The minimum atomic E-state index is -0.732. The highest BCUT2D eigenvalue weighted by molar-refractivity contribution is 7.85. The fourth-order valence-corrected chi connectivity index (χ4v) is 2.63. The number of anilines is 1. The van der Waals surface area contributed by atoms with Crippen molar-refractivity contribution >= 4 is 22.6 Å². The molecule has 0 spiro atoms. The summed E-state index contributed by atoms with van der Waals surface area (Å²) in [7, 11) is 0.574. The molecule has 0 atom stereocenters. The first kappa shape index (κ1) is 12.0. The molecule has 1 aliphatic rings. The Labute approximate surface area is 101 Å². The SMILES string of the molecule is COC(=O)c1cncc(N2CCS(=O)CC2)n1. The molecule has 0 unspecified atom stereocenters. The van der Waals surface area contributed by atoms with Gasteiger partial charge in [-0.05, 0) is 0 Å². The fourth-order valence-electron chi connectivity index (χ4n) is 1.58. The van der Waals surface area contributed by atoms with Crippen LogP contribution in [0.1, 0.15) is 10.5 Å². The Balaban J connectivity index is 2.16.